The first-order chi connectivity index (χ1) is 5.88. The van der Waals surface area contributed by atoms with Crippen molar-refractivity contribution in [1.82, 2.24) is 4.98 Å². The van der Waals surface area contributed by atoms with Gasteiger partial charge in [-0.25, -0.2) is 4.98 Å². The summed E-state index contributed by atoms with van der Waals surface area (Å²) in [5.41, 5.74) is 0. The van der Waals surface area contributed by atoms with Gasteiger partial charge in [0.1, 0.15) is 0 Å². The molecule has 0 amide bonds. The van der Waals surface area contributed by atoms with E-state index in [1.807, 2.05) is 0 Å². The van der Waals surface area contributed by atoms with Gasteiger partial charge in [0, 0.05) is 5.92 Å². The van der Waals surface area contributed by atoms with Gasteiger partial charge in [0.2, 0.25) is 0 Å². The van der Waals surface area contributed by atoms with Crippen molar-refractivity contribution in [1.29, 1.82) is 0 Å². The summed E-state index contributed by atoms with van der Waals surface area (Å²) in [6, 6.07) is 0. The van der Waals surface area contributed by atoms with Gasteiger partial charge in [-0.1, -0.05) is 11.8 Å². The topological polar surface area (TPSA) is 30.0 Å². The largest absolute Gasteiger partial charge is 0.295 e. The molecule has 0 atom stereocenters. The Balaban J connectivity index is 2.12. The van der Waals surface area contributed by atoms with Crippen molar-refractivity contribution in [3.63, 3.8) is 0 Å². The highest BCUT2D eigenvalue weighted by Gasteiger charge is 2.17. The van der Waals surface area contributed by atoms with Crippen LogP contribution in [0.15, 0.2) is 6.20 Å². The van der Waals surface area contributed by atoms with E-state index < -0.39 is 0 Å². The molecule has 0 radical (unpaired) electrons. The summed E-state index contributed by atoms with van der Waals surface area (Å²) in [4.78, 5) is 15.0. The van der Waals surface area contributed by atoms with E-state index in [4.69, 9.17) is 0 Å². The fourth-order valence-electron chi connectivity index (χ4n) is 0.801. The molecule has 0 unspecified atom stereocenters. The first-order valence-electron chi connectivity index (χ1n) is 3.81. The number of aromatic nitrogens is 1. The maximum atomic E-state index is 10.3. The summed E-state index contributed by atoms with van der Waals surface area (Å²) >= 11 is 1.35. The fraction of sp³-hybridized carbons (Fsp3) is 0.333. The highest BCUT2D eigenvalue weighted by atomic mass is 32.1. The molecule has 1 aliphatic rings. The van der Waals surface area contributed by atoms with Crippen LogP contribution in [-0.4, -0.2) is 11.3 Å². The number of nitrogens with zero attached hydrogens (tertiary/aromatic N) is 1. The predicted octanol–water partition coefficient (Wildman–Crippen LogP) is 1.72. The van der Waals surface area contributed by atoms with Crippen molar-refractivity contribution in [3.8, 4) is 11.8 Å². The van der Waals surface area contributed by atoms with Crippen LogP contribution in [0, 0.1) is 17.8 Å². The van der Waals surface area contributed by atoms with Gasteiger partial charge in [-0.05, 0) is 12.8 Å². The van der Waals surface area contributed by atoms with Gasteiger partial charge in [-0.3, -0.25) is 4.79 Å². The lowest BCUT2D eigenvalue weighted by Crippen LogP contribution is -1.69. The molecule has 1 aromatic rings. The zero-order valence-corrected chi connectivity index (χ0v) is 7.23. The molecule has 60 valence electrons. The molecule has 0 saturated heterocycles. The second-order valence-electron chi connectivity index (χ2n) is 2.72. The quantitative estimate of drug-likeness (QED) is 0.483. The molecule has 1 fully saturated rings. The Bertz CT molecular complexity index is 354. The van der Waals surface area contributed by atoms with Gasteiger partial charge in [-0.15, -0.1) is 11.3 Å². The van der Waals surface area contributed by atoms with Crippen LogP contribution in [0.2, 0.25) is 0 Å². The Labute approximate surface area is 74.6 Å². The van der Waals surface area contributed by atoms with Crippen LogP contribution in [0.4, 0.5) is 0 Å². The standard InChI is InChI=1S/C9H7NOS/c11-6-9-10-5-8(12-9)4-3-7-1-2-7/h5-7H,1-2H2. The Kier molecular flexibility index (Phi) is 1.92. The van der Waals surface area contributed by atoms with Gasteiger partial charge < -0.3 is 0 Å². The van der Waals surface area contributed by atoms with E-state index in [1.165, 1.54) is 24.2 Å². The van der Waals surface area contributed by atoms with E-state index in [2.05, 4.69) is 16.8 Å². The van der Waals surface area contributed by atoms with E-state index in [0.717, 1.165) is 11.2 Å². The monoisotopic (exact) mass is 177 g/mol. The van der Waals surface area contributed by atoms with Gasteiger partial charge in [-0.2, -0.15) is 0 Å². The van der Waals surface area contributed by atoms with Crippen LogP contribution in [0.1, 0.15) is 27.5 Å². The molecule has 0 bridgehead atoms. The second-order valence-corrected chi connectivity index (χ2v) is 3.79. The van der Waals surface area contributed by atoms with Crippen LogP contribution in [-0.2, 0) is 0 Å². The lowest BCUT2D eigenvalue weighted by Gasteiger charge is -1.73. The van der Waals surface area contributed by atoms with Crippen molar-refractivity contribution < 1.29 is 4.79 Å². The number of thiazole rings is 1. The Morgan fingerprint density at radius 1 is 1.67 bits per heavy atom. The molecule has 1 saturated carbocycles. The normalized spacial score (nSPS) is 15.0. The molecule has 3 heteroatoms. The van der Waals surface area contributed by atoms with Crippen LogP contribution < -0.4 is 0 Å². The van der Waals surface area contributed by atoms with Crippen molar-refractivity contribution >= 4 is 17.6 Å². The fourth-order valence-corrected chi connectivity index (χ4v) is 1.39. The van der Waals surface area contributed by atoms with E-state index in [0.29, 0.717) is 10.9 Å². The zero-order valence-electron chi connectivity index (χ0n) is 6.41. The minimum absolute atomic E-state index is 0.509. The molecular formula is C9H7NOS. The molecule has 0 spiro atoms. The first kappa shape index (κ1) is 7.51. The minimum Gasteiger partial charge on any atom is -0.295 e. The smallest absolute Gasteiger partial charge is 0.178 e. The third-order valence-electron chi connectivity index (χ3n) is 1.60. The van der Waals surface area contributed by atoms with Gasteiger partial charge in [0.05, 0.1) is 11.1 Å². The van der Waals surface area contributed by atoms with E-state index in [1.54, 1.807) is 6.20 Å². The predicted molar refractivity (Wildman–Crippen MR) is 47.1 cm³/mol. The van der Waals surface area contributed by atoms with E-state index >= 15 is 0 Å². The maximum Gasteiger partial charge on any atom is 0.178 e. The van der Waals surface area contributed by atoms with E-state index in [-0.39, 0.29) is 0 Å². The molecule has 0 N–H and O–H groups in total. The van der Waals surface area contributed by atoms with Gasteiger partial charge in [0.15, 0.2) is 11.3 Å². The third-order valence-corrected chi connectivity index (χ3v) is 2.44. The summed E-state index contributed by atoms with van der Waals surface area (Å²) in [5, 5.41) is 0.509. The number of hydrogen-bond donors (Lipinski definition) is 0. The summed E-state index contributed by atoms with van der Waals surface area (Å²) < 4.78 is 0. The molecule has 12 heavy (non-hydrogen) atoms. The van der Waals surface area contributed by atoms with Crippen molar-refractivity contribution in [2.24, 2.45) is 5.92 Å². The van der Waals surface area contributed by atoms with Crippen LogP contribution in [0.3, 0.4) is 0 Å². The Hall–Kier alpha value is -1.14. The molecule has 1 aromatic heterocycles. The third kappa shape index (κ3) is 1.72. The van der Waals surface area contributed by atoms with Crippen LogP contribution in [0.5, 0.6) is 0 Å². The molecule has 2 nitrogen and oxygen atoms in total. The summed E-state index contributed by atoms with van der Waals surface area (Å²) in [7, 11) is 0. The highest BCUT2D eigenvalue weighted by molar-refractivity contribution is 7.13. The molecule has 2 rings (SSSR count). The van der Waals surface area contributed by atoms with Crippen molar-refractivity contribution in [2.75, 3.05) is 0 Å². The number of aldehydes is 1. The van der Waals surface area contributed by atoms with Gasteiger partial charge in [0.25, 0.3) is 0 Å². The Morgan fingerprint density at radius 2 is 2.50 bits per heavy atom. The molecule has 0 aromatic carbocycles. The molecule has 1 aliphatic carbocycles. The van der Waals surface area contributed by atoms with E-state index in [9.17, 15) is 4.79 Å². The SMILES string of the molecule is O=Cc1ncc(C#CC2CC2)s1. The summed E-state index contributed by atoms with van der Waals surface area (Å²) in [5.74, 6) is 6.73. The number of carbonyl (C=O) groups excluding carboxylic acids is 1. The number of rotatable bonds is 1. The zero-order chi connectivity index (χ0) is 8.39. The maximum absolute atomic E-state index is 10.3. The Morgan fingerprint density at radius 3 is 3.08 bits per heavy atom. The average molecular weight is 177 g/mol. The first-order valence-corrected chi connectivity index (χ1v) is 4.62. The minimum atomic E-state index is 0.509. The average Bonchev–Trinajstić information content (AvgIpc) is 2.81. The molecular weight excluding hydrogens is 170 g/mol. The second kappa shape index (κ2) is 3.08. The molecule has 1 heterocycles. The lowest BCUT2D eigenvalue weighted by atomic mass is 10.4. The van der Waals surface area contributed by atoms with Crippen molar-refractivity contribution in [2.45, 2.75) is 12.8 Å². The number of hydrogen-bond acceptors (Lipinski definition) is 3. The summed E-state index contributed by atoms with van der Waals surface area (Å²) in [6.45, 7) is 0. The summed E-state index contributed by atoms with van der Waals surface area (Å²) in [6.07, 6.45) is 4.87. The van der Waals surface area contributed by atoms with Crippen molar-refractivity contribution in [3.05, 3.63) is 16.1 Å². The van der Waals surface area contributed by atoms with Crippen LogP contribution in [0.25, 0.3) is 0 Å². The lowest BCUT2D eigenvalue weighted by molar-refractivity contribution is 0.112. The molecule has 0 aliphatic heterocycles. The highest BCUT2D eigenvalue weighted by Crippen LogP contribution is 2.27. The number of carbonyl (C=O) groups is 1. The van der Waals surface area contributed by atoms with Gasteiger partial charge >= 0.3 is 0 Å². The van der Waals surface area contributed by atoms with Crippen LogP contribution >= 0.6 is 11.3 Å².